The molecule has 0 bridgehead atoms. The van der Waals surface area contributed by atoms with Crippen LogP contribution in [-0.4, -0.2) is 40.4 Å². The Morgan fingerprint density at radius 2 is 2.25 bits per heavy atom. The van der Waals surface area contributed by atoms with Crippen LogP contribution >= 0.6 is 22.9 Å². The monoisotopic (exact) mass is 313 g/mol. The molecule has 0 fully saturated rings. The molecule has 0 amide bonds. The van der Waals surface area contributed by atoms with Crippen LogP contribution in [0.25, 0.3) is 0 Å². The molecule has 1 atom stereocenters. The first-order valence-corrected chi connectivity index (χ1v) is 7.90. The number of aromatic nitrogens is 2. The molecule has 0 radical (unpaired) electrons. The second kappa shape index (κ2) is 6.72. The first-order valence-electron chi connectivity index (χ1n) is 6.64. The van der Waals surface area contributed by atoms with E-state index in [1.54, 1.807) is 22.2 Å². The lowest BCUT2D eigenvalue weighted by molar-refractivity contribution is 0.208. The number of likely N-dealkylation sites (N-methyl/N-ethyl adjacent to an activating group) is 1. The van der Waals surface area contributed by atoms with E-state index in [1.165, 1.54) is 5.56 Å². The third-order valence-electron chi connectivity index (χ3n) is 3.26. The lowest BCUT2D eigenvalue weighted by atomic mass is 10.1. The van der Waals surface area contributed by atoms with Crippen LogP contribution in [0.4, 0.5) is 0 Å². The van der Waals surface area contributed by atoms with E-state index in [2.05, 4.69) is 23.0 Å². The van der Waals surface area contributed by atoms with Crippen LogP contribution in [-0.2, 0) is 13.0 Å². The van der Waals surface area contributed by atoms with Gasteiger partial charge in [-0.3, -0.25) is 4.68 Å². The van der Waals surface area contributed by atoms with Gasteiger partial charge in [-0.15, -0.1) is 11.3 Å². The molecule has 6 heteroatoms. The van der Waals surface area contributed by atoms with Gasteiger partial charge in [0.15, 0.2) is 0 Å². The van der Waals surface area contributed by atoms with Gasteiger partial charge in [-0.2, -0.15) is 5.10 Å². The molecule has 1 unspecified atom stereocenters. The number of nitrogens with zero attached hydrogens (tertiary/aromatic N) is 3. The maximum Gasteiger partial charge on any atom is 0.132 e. The summed E-state index contributed by atoms with van der Waals surface area (Å²) in [5.74, 6) is 0. The van der Waals surface area contributed by atoms with Crippen molar-refractivity contribution in [2.45, 2.75) is 26.0 Å². The highest BCUT2D eigenvalue weighted by atomic mass is 35.5. The topological polar surface area (TPSA) is 41.3 Å². The van der Waals surface area contributed by atoms with Crippen molar-refractivity contribution in [1.29, 1.82) is 0 Å². The molecule has 0 spiro atoms. The fourth-order valence-electron chi connectivity index (χ4n) is 2.12. The number of thiophene rings is 1. The minimum absolute atomic E-state index is 0.520. The molecule has 0 aliphatic carbocycles. The van der Waals surface area contributed by atoms with Gasteiger partial charge >= 0.3 is 0 Å². The number of hydrogen-bond acceptors (Lipinski definition) is 4. The maximum absolute atomic E-state index is 10.7. The van der Waals surface area contributed by atoms with Gasteiger partial charge in [0.25, 0.3) is 0 Å². The van der Waals surface area contributed by atoms with E-state index >= 15 is 0 Å². The van der Waals surface area contributed by atoms with Crippen LogP contribution in [0, 0.1) is 0 Å². The molecule has 2 heterocycles. The summed E-state index contributed by atoms with van der Waals surface area (Å²) in [6.45, 7) is 3.64. The first-order chi connectivity index (χ1) is 9.54. The molecule has 2 aromatic rings. The van der Waals surface area contributed by atoms with Crippen molar-refractivity contribution in [2.75, 3.05) is 20.6 Å². The highest BCUT2D eigenvalue weighted by molar-refractivity contribution is 7.10. The Hall–Kier alpha value is -0.880. The summed E-state index contributed by atoms with van der Waals surface area (Å²) in [6.07, 6.45) is 1.80. The summed E-state index contributed by atoms with van der Waals surface area (Å²) in [7, 11) is 4.02. The normalized spacial score (nSPS) is 13.1. The Labute approximate surface area is 128 Å². The van der Waals surface area contributed by atoms with Gasteiger partial charge in [0.2, 0.25) is 0 Å². The Bertz CT molecular complexity index is 565. The Morgan fingerprint density at radius 3 is 2.90 bits per heavy atom. The predicted octanol–water partition coefficient (Wildman–Crippen LogP) is 2.80. The molecule has 4 nitrogen and oxygen atoms in total. The van der Waals surface area contributed by atoms with Crippen LogP contribution in [0.5, 0.6) is 0 Å². The Kier molecular flexibility index (Phi) is 5.21. The van der Waals surface area contributed by atoms with Gasteiger partial charge in [0.1, 0.15) is 6.10 Å². The van der Waals surface area contributed by atoms with Gasteiger partial charge in [0, 0.05) is 11.4 Å². The molecule has 1 N–H and O–H groups in total. The van der Waals surface area contributed by atoms with Gasteiger partial charge in [0.05, 0.1) is 23.5 Å². The number of aliphatic hydroxyl groups is 1. The van der Waals surface area contributed by atoms with Gasteiger partial charge in [-0.05, 0) is 37.5 Å². The summed E-state index contributed by atoms with van der Waals surface area (Å²) in [4.78, 5) is 3.04. The minimum atomic E-state index is -0.706. The third kappa shape index (κ3) is 3.23. The van der Waals surface area contributed by atoms with E-state index in [0.717, 1.165) is 17.8 Å². The van der Waals surface area contributed by atoms with Crippen LogP contribution in [0.3, 0.4) is 0 Å². The van der Waals surface area contributed by atoms with E-state index in [0.29, 0.717) is 17.3 Å². The highest BCUT2D eigenvalue weighted by Crippen LogP contribution is 2.33. The molecule has 2 rings (SSSR count). The first kappa shape index (κ1) is 15.5. The van der Waals surface area contributed by atoms with Crippen molar-refractivity contribution in [2.24, 2.45) is 0 Å². The van der Waals surface area contributed by atoms with Gasteiger partial charge in [-0.25, -0.2) is 0 Å². The van der Waals surface area contributed by atoms with E-state index in [4.69, 9.17) is 11.6 Å². The standard InChI is InChI=1S/C14H20ClN3OS/c1-4-10-5-8-20-14(10)13(19)12-11(15)9-16-18(12)7-6-17(2)3/h5,8-9,13,19H,4,6-7H2,1-3H3. The second-order valence-electron chi connectivity index (χ2n) is 4.97. The molecule has 110 valence electrons. The van der Waals surface area contributed by atoms with Gasteiger partial charge in [-0.1, -0.05) is 18.5 Å². The lowest BCUT2D eigenvalue weighted by Gasteiger charge is -2.16. The number of aliphatic hydroxyl groups excluding tert-OH is 1. The minimum Gasteiger partial charge on any atom is -0.381 e. The van der Waals surface area contributed by atoms with Crippen molar-refractivity contribution < 1.29 is 5.11 Å². The van der Waals surface area contributed by atoms with E-state index in [1.807, 2.05) is 19.5 Å². The highest BCUT2D eigenvalue weighted by Gasteiger charge is 2.22. The van der Waals surface area contributed by atoms with Crippen molar-refractivity contribution in [3.05, 3.63) is 38.8 Å². The molecule has 0 aliphatic rings. The fourth-order valence-corrected chi connectivity index (χ4v) is 3.35. The fraction of sp³-hybridized carbons (Fsp3) is 0.500. The molecule has 0 aliphatic heterocycles. The van der Waals surface area contributed by atoms with E-state index < -0.39 is 6.10 Å². The maximum atomic E-state index is 10.7. The lowest BCUT2D eigenvalue weighted by Crippen LogP contribution is -2.21. The van der Waals surface area contributed by atoms with Crippen LogP contribution < -0.4 is 0 Å². The van der Waals surface area contributed by atoms with Crippen molar-refractivity contribution >= 4 is 22.9 Å². The number of hydrogen-bond donors (Lipinski definition) is 1. The number of halogens is 1. The average molecular weight is 314 g/mol. The van der Waals surface area contributed by atoms with Crippen molar-refractivity contribution in [3.8, 4) is 0 Å². The largest absolute Gasteiger partial charge is 0.381 e. The quantitative estimate of drug-likeness (QED) is 0.891. The number of rotatable bonds is 6. The number of aryl methyl sites for hydroxylation is 1. The zero-order valence-electron chi connectivity index (χ0n) is 12.0. The van der Waals surface area contributed by atoms with Crippen LogP contribution in [0.2, 0.25) is 5.02 Å². The molecule has 0 saturated heterocycles. The zero-order valence-corrected chi connectivity index (χ0v) is 13.6. The average Bonchev–Trinajstić information content (AvgIpc) is 3.01. The Morgan fingerprint density at radius 1 is 1.50 bits per heavy atom. The molecular weight excluding hydrogens is 294 g/mol. The Balaban J connectivity index is 2.29. The van der Waals surface area contributed by atoms with Crippen LogP contribution in [0.15, 0.2) is 17.6 Å². The summed E-state index contributed by atoms with van der Waals surface area (Å²) < 4.78 is 1.80. The van der Waals surface area contributed by atoms with E-state index in [9.17, 15) is 5.11 Å². The SMILES string of the molecule is CCc1ccsc1C(O)c1c(Cl)cnn1CCN(C)C. The zero-order chi connectivity index (χ0) is 14.7. The van der Waals surface area contributed by atoms with E-state index in [-0.39, 0.29) is 0 Å². The smallest absolute Gasteiger partial charge is 0.132 e. The second-order valence-corrected chi connectivity index (χ2v) is 6.33. The van der Waals surface area contributed by atoms with Gasteiger partial charge < -0.3 is 10.0 Å². The predicted molar refractivity (Wildman–Crippen MR) is 83.5 cm³/mol. The summed E-state index contributed by atoms with van der Waals surface area (Å²) in [5.41, 5.74) is 1.85. The molecule has 20 heavy (non-hydrogen) atoms. The molecule has 2 aromatic heterocycles. The summed E-state index contributed by atoms with van der Waals surface area (Å²) in [5, 5.41) is 17.5. The molecular formula is C14H20ClN3OS. The summed E-state index contributed by atoms with van der Waals surface area (Å²) >= 11 is 7.78. The van der Waals surface area contributed by atoms with Crippen molar-refractivity contribution in [1.82, 2.24) is 14.7 Å². The molecule has 0 aromatic carbocycles. The third-order valence-corrected chi connectivity index (χ3v) is 4.56. The van der Waals surface area contributed by atoms with Crippen molar-refractivity contribution in [3.63, 3.8) is 0 Å². The van der Waals surface area contributed by atoms with Crippen LogP contribution in [0.1, 0.15) is 29.2 Å². The molecule has 0 saturated carbocycles. The summed E-state index contributed by atoms with van der Waals surface area (Å²) in [6, 6.07) is 2.05.